The second kappa shape index (κ2) is 4.95. The average molecular weight is 326 g/mol. The molecule has 0 radical (unpaired) electrons. The van der Waals surface area contributed by atoms with E-state index in [2.05, 4.69) is 74.3 Å². The average Bonchev–Trinajstić information content (AvgIpc) is 2.30. The lowest BCUT2D eigenvalue weighted by atomic mass is 10.0. The van der Waals surface area contributed by atoms with Crippen LogP contribution < -0.4 is 0 Å². The Morgan fingerprint density at radius 2 is 1.60 bits per heavy atom. The molecule has 0 N–H and O–H groups in total. The van der Waals surface area contributed by atoms with Crippen molar-refractivity contribution in [3.05, 3.63) is 58.6 Å². The standard InChI is InChI=1S/C13H10Br2/c14-9-12-11(7-4-8-13(12)15)10-5-2-1-3-6-10/h1-8H,9H2. The fourth-order valence-electron chi connectivity index (χ4n) is 1.58. The van der Waals surface area contributed by atoms with Crippen molar-refractivity contribution < 1.29 is 0 Å². The summed E-state index contributed by atoms with van der Waals surface area (Å²) in [7, 11) is 0. The zero-order chi connectivity index (χ0) is 10.7. The van der Waals surface area contributed by atoms with Crippen LogP contribution in [0.1, 0.15) is 5.56 Å². The fraction of sp³-hybridized carbons (Fsp3) is 0.0769. The molecule has 0 unspecified atom stereocenters. The Kier molecular flexibility index (Phi) is 3.60. The maximum atomic E-state index is 3.57. The predicted molar refractivity (Wildman–Crippen MR) is 72.2 cm³/mol. The van der Waals surface area contributed by atoms with E-state index in [4.69, 9.17) is 0 Å². The zero-order valence-corrected chi connectivity index (χ0v) is 11.3. The quantitative estimate of drug-likeness (QED) is 0.681. The number of benzene rings is 2. The highest BCUT2D eigenvalue weighted by molar-refractivity contribution is 9.10. The van der Waals surface area contributed by atoms with Gasteiger partial charge in [0.1, 0.15) is 0 Å². The monoisotopic (exact) mass is 324 g/mol. The molecule has 0 fully saturated rings. The third kappa shape index (κ3) is 2.32. The van der Waals surface area contributed by atoms with Crippen molar-refractivity contribution in [3.63, 3.8) is 0 Å². The molecule has 0 aliphatic heterocycles. The maximum Gasteiger partial charge on any atom is 0.0300 e. The van der Waals surface area contributed by atoms with Crippen LogP contribution in [0.25, 0.3) is 11.1 Å². The first-order valence-electron chi connectivity index (χ1n) is 4.71. The number of halogens is 2. The molecule has 15 heavy (non-hydrogen) atoms. The fourth-order valence-corrected chi connectivity index (χ4v) is 3.07. The first-order chi connectivity index (χ1) is 7.33. The van der Waals surface area contributed by atoms with Gasteiger partial charge in [0.05, 0.1) is 0 Å². The third-order valence-electron chi connectivity index (χ3n) is 2.34. The van der Waals surface area contributed by atoms with Gasteiger partial charge >= 0.3 is 0 Å². The van der Waals surface area contributed by atoms with Crippen molar-refractivity contribution in [1.82, 2.24) is 0 Å². The van der Waals surface area contributed by atoms with Crippen LogP contribution in [0.15, 0.2) is 53.0 Å². The van der Waals surface area contributed by atoms with Crippen LogP contribution in [0.5, 0.6) is 0 Å². The van der Waals surface area contributed by atoms with Crippen LogP contribution >= 0.6 is 31.9 Å². The van der Waals surface area contributed by atoms with Crippen LogP contribution in [0, 0.1) is 0 Å². The molecule has 0 amide bonds. The van der Waals surface area contributed by atoms with Gasteiger partial charge in [-0.1, -0.05) is 74.3 Å². The Morgan fingerprint density at radius 1 is 0.867 bits per heavy atom. The summed E-state index contributed by atoms with van der Waals surface area (Å²) in [6, 6.07) is 16.7. The van der Waals surface area contributed by atoms with Gasteiger partial charge < -0.3 is 0 Å². The molecule has 0 aromatic heterocycles. The van der Waals surface area contributed by atoms with Gasteiger partial charge in [0.25, 0.3) is 0 Å². The van der Waals surface area contributed by atoms with Crippen molar-refractivity contribution in [3.8, 4) is 11.1 Å². The van der Waals surface area contributed by atoms with E-state index in [0.717, 1.165) is 9.80 Å². The van der Waals surface area contributed by atoms with E-state index >= 15 is 0 Å². The number of rotatable bonds is 2. The minimum Gasteiger partial charge on any atom is -0.0876 e. The van der Waals surface area contributed by atoms with Crippen LogP contribution in [-0.2, 0) is 5.33 Å². The number of hydrogen-bond acceptors (Lipinski definition) is 0. The number of alkyl halides is 1. The number of hydrogen-bond donors (Lipinski definition) is 0. The summed E-state index contributed by atoms with van der Waals surface area (Å²) in [5.74, 6) is 0. The van der Waals surface area contributed by atoms with Crippen molar-refractivity contribution >= 4 is 31.9 Å². The summed E-state index contributed by atoms with van der Waals surface area (Å²) >= 11 is 7.10. The minimum atomic E-state index is 0.860. The molecule has 0 aliphatic carbocycles. The van der Waals surface area contributed by atoms with E-state index in [1.54, 1.807) is 0 Å². The van der Waals surface area contributed by atoms with Crippen molar-refractivity contribution in [2.45, 2.75) is 5.33 Å². The van der Waals surface area contributed by atoms with Gasteiger partial charge in [0, 0.05) is 9.80 Å². The topological polar surface area (TPSA) is 0 Å². The Balaban J connectivity index is 2.58. The molecule has 2 rings (SSSR count). The highest BCUT2D eigenvalue weighted by Gasteiger charge is 2.06. The van der Waals surface area contributed by atoms with E-state index in [1.165, 1.54) is 16.7 Å². The SMILES string of the molecule is BrCc1c(Br)cccc1-c1ccccc1. The highest BCUT2D eigenvalue weighted by Crippen LogP contribution is 2.30. The smallest absolute Gasteiger partial charge is 0.0300 e. The van der Waals surface area contributed by atoms with Gasteiger partial charge in [-0.15, -0.1) is 0 Å². The molecule has 0 spiro atoms. The van der Waals surface area contributed by atoms with Gasteiger partial charge in [0.15, 0.2) is 0 Å². The molecule has 76 valence electrons. The molecule has 0 saturated heterocycles. The Hall–Kier alpha value is -0.600. The van der Waals surface area contributed by atoms with Gasteiger partial charge in [-0.2, -0.15) is 0 Å². The third-order valence-corrected chi connectivity index (χ3v) is 3.64. The highest BCUT2D eigenvalue weighted by atomic mass is 79.9. The first-order valence-corrected chi connectivity index (χ1v) is 6.63. The van der Waals surface area contributed by atoms with E-state index in [-0.39, 0.29) is 0 Å². The summed E-state index contributed by atoms with van der Waals surface area (Å²) in [5.41, 5.74) is 3.83. The lowest BCUT2D eigenvalue weighted by Gasteiger charge is -2.09. The molecule has 0 saturated carbocycles. The molecule has 2 heteroatoms. The molecule has 2 aromatic rings. The molecule has 0 bridgehead atoms. The van der Waals surface area contributed by atoms with Crippen LogP contribution in [-0.4, -0.2) is 0 Å². The minimum absolute atomic E-state index is 0.860. The summed E-state index contributed by atoms with van der Waals surface area (Å²) in [4.78, 5) is 0. The van der Waals surface area contributed by atoms with Crippen LogP contribution in [0.2, 0.25) is 0 Å². The zero-order valence-electron chi connectivity index (χ0n) is 8.08. The molecule has 0 nitrogen and oxygen atoms in total. The van der Waals surface area contributed by atoms with E-state index in [9.17, 15) is 0 Å². The van der Waals surface area contributed by atoms with Crippen molar-refractivity contribution in [2.24, 2.45) is 0 Å². The molecule has 0 heterocycles. The Labute approximate surface area is 107 Å². The molecule has 0 aliphatic rings. The van der Waals surface area contributed by atoms with Crippen molar-refractivity contribution in [2.75, 3.05) is 0 Å². The second-order valence-corrected chi connectivity index (χ2v) is 4.68. The van der Waals surface area contributed by atoms with Crippen LogP contribution in [0.4, 0.5) is 0 Å². The predicted octanol–water partition coefficient (Wildman–Crippen LogP) is 5.01. The van der Waals surface area contributed by atoms with Gasteiger partial charge in [-0.25, -0.2) is 0 Å². The van der Waals surface area contributed by atoms with E-state index < -0.39 is 0 Å². The summed E-state index contributed by atoms with van der Waals surface area (Å²) in [5, 5.41) is 0.860. The van der Waals surface area contributed by atoms with Gasteiger partial charge in [-0.3, -0.25) is 0 Å². The Morgan fingerprint density at radius 3 is 2.27 bits per heavy atom. The lowest BCUT2D eigenvalue weighted by molar-refractivity contribution is 1.39. The summed E-state index contributed by atoms with van der Waals surface area (Å²) < 4.78 is 1.15. The molecule has 2 aromatic carbocycles. The normalized spacial score (nSPS) is 10.3. The largest absolute Gasteiger partial charge is 0.0876 e. The maximum absolute atomic E-state index is 3.57. The van der Waals surface area contributed by atoms with E-state index in [0.29, 0.717) is 0 Å². The second-order valence-electron chi connectivity index (χ2n) is 3.27. The van der Waals surface area contributed by atoms with Gasteiger partial charge in [-0.05, 0) is 22.8 Å². The van der Waals surface area contributed by atoms with Gasteiger partial charge in [0.2, 0.25) is 0 Å². The lowest BCUT2D eigenvalue weighted by Crippen LogP contribution is -1.87. The molecular formula is C13H10Br2. The van der Waals surface area contributed by atoms with Crippen molar-refractivity contribution in [1.29, 1.82) is 0 Å². The molecular weight excluding hydrogens is 316 g/mol. The first kappa shape index (κ1) is 10.9. The Bertz CT molecular complexity index is 449. The summed E-state index contributed by atoms with van der Waals surface area (Å²) in [6.07, 6.45) is 0. The summed E-state index contributed by atoms with van der Waals surface area (Å²) in [6.45, 7) is 0. The van der Waals surface area contributed by atoms with E-state index in [1.807, 2.05) is 6.07 Å². The molecule has 0 atom stereocenters. The van der Waals surface area contributed by atoms with Crippen LogP contribution in [0.3, 0.4) is 0 Å².